The predicted molar refractivity (Wildman–Crippen MR) is 75.3 cm³/mol. The number of carbonyl (C=O) groups is 1. The molecule has 1 aliphatic heterocycles. The summed E-state index contributed by atoms with van der Waals surface area (Å²) in [5.74, 6) is -0.236. The van der Waals surface area contributed by atoms with Gasteiger partial charge in [-0.05, 0) is 24.6 Å². The Bertz CT molecular complexity index is 626. The first-order chi connectivity index (χ1) is 9.38. The van der Waals surface area contributed by atoms with Gasteiger partial charge in [-0.1, -0.05) is 6.08 Å². The predicted octanol–water partition coefficient (Wildman–Crippen LogP) is 0.460. The Labute approximate surface area is 118 Å². The molecule has 1 unspecified atom stereocenters. The van der Waals surface area contributed by atoms with Crippen LogP contribution in [0.5, 0.6) is 0 Å². The van der Waals surface area contributed by atoms with E-state index in [-0.39, 0.29) is 25.0 Å². The van der Waals surface area contributed by atoms with Crippen molar-refractivity contribution in [3.63, 3.8) is 0 Å². The zero-order valence-corrected chi connectivity index (χ0v) is 12.2. The third kappa shape index (κ3) is 3.43. The summed E-state index contributed by atoms with van der Waals surface area (Å²) in [6.07, 6.45) is 6.12. The van der Waals surface area contributed by atoms with Crippen LogP contribution in [0.2, 0.25) is 0 Å². The van der Waals surface area contributed by atoms with Crippen molar-refractivity contribution >= 4 is 15.9 Å². The molecule has 2 rings (SSSR count). The molecule has 7 heteroatoms. The monoisotopic (exact) mass is 295 g/mol. The van der Waals surface area contributed by atoms with Gasteiger partial charge in [-0.15, -0.1) is 0 Å². The summed E-state index contributed by atoms with van der Waals surface area (Å²) in [7, 11) is -3.26. The molecule has 0 aromatic carbocycles. The second-order valence-corrected chi connectivity index (χ2v) is 6.74. The molecule has 6 nitrogen and oxygen atoms in total. The van der Waals surface area contributed by atoms with Crippen LogP contribution in [0.25, 0.3) is 0 Å². The van der Waals surface area contributed by atoms with E-state index in [1.54, 1.807) is 18.5 Å². The third-order valence-corrected chi connectivity index (χ3v) is 4.42. The van der Waals surface area contributed by atoms with Gasteiger partial charge in [0.25, 0.3) is 0 Å². The van der Waals surface area contributed by atoms with Crippen LogP contribution in [0.15, 0.2) is 36.2 Å². The minimum Gasteiger partial charge on any atom is -0.346 e. The molecule has 0 aliphatic carbocycles. The van der Waals surface area contributed by atoms with Crippen molar-refractivity contribution in [2.24, 2.45) is 0 Å². The van der Waals surface area contributed by atoms with Gasteiger partial charge in [0.05, 0.1) is 12.3 Å². The SMILES string of the molecule is CC(NC(=O)C1=CCN(S(C)(=O)=O)C1)c1ccncc1. The number of nitrogens with zero attached hydrogens (tertiary/aromatic N) is 2. The largest absolute Gasteiger partial charge is 0.346 e. The number of sulfonamides is 1. The second-order valence-electron chi connectivity index (χ2n) is 4.76. The molecule has 0 fully saturated rings. The first-order valence-electron chi connectivity index (χ1n) is 6.23. The van der Waals surface area contributed by atoms with Crippen LogP contribution in [0, 0.1) is 0 Å². The topological polar surface area (TPSA) is 79.4 Å². The maximum atomic E-state index is 12.1. The van der Waals surface area contributed by atoms with Gasteiger partial charge in [-0.3, -0.25) is 9.78 Å². The summed E-state index contributed by atoms with van der Waals surface area (Å²) < 4.78 is 24.1. The molecule has 20 heavy (non-hydrogen) atoms. The van der Waals surface area contributed by atoms with E-state index in [4.69, 9.17) is 0 Å². The Morgan fingerprint density at radius 1 is 1.40 bits per heavy atom. The van der Waals surface area contributed by atoms with Crippen LogP contribution in [-0.4, -0.2) is 43.0 Å². The van der Waals surface area contributed by atoms with Crippen LogP contribution >= 0.6 is 0 Å². The molecule has 0 bridgehead atoms. The van der Waals surface area contributed by atoms with E-state index < -0.39 is 10.0 Å². The van der Waals surface area contributed by atoms with E-state index in [2.05, 4.69) is 10.3 Å². The summed E-state index contributed by atoms with van der Waals surface area (Å²) >= 11 is 0. The van der Waals surface area contributed by atoms with E-state index in [1.165, 1.54) is 4.31 Å². The molecule has 1 aliphatic rings. The fraction of sp³-hybridized carbons (Fsp3) is 0.385. The number of nitrogens with one attached hydrogen (secondary N) is 1. The lowest BCUT2D eigenvalue weighted by molar-refractivity contribution is -0.118. The number of hydrogen-bond acceptors (Lipinski definition) is 4. The van der Waals surface area contributed by atoms with Crippen LogP contribution in [0.4, 0.5) is 0 Å². The molecular weight excluding hydrogens is 278 g/mol. The highest BCUT2D eigenvalue weighted by molar-refractivity contribution is 7.88. The summed E-state index contributed by atoms with van der Waals surface area (Å²) in [5.41, 5.74) is 1.43. The molecule has 1 amide bonds. The molecule has 0 saturated heterocycles. The molecule has 0 spiro atoms. The van der Waals surface area contributed by atoms with Crippen molar-refractivity contribution < 1.29 is 13.2 Å². The highest BCUT2D eigenvalue weighted by Crippen LogP contribution is 2.15. The lowest BCUT2D eigenvalue weighted by Crippen LogP contribution is -2.32. The Balaban J connectivity index is 1.97. The number of aromatic nitrogens is 1. The Morgan fingerprint density at radius 3 is 2.60 bits per heavy atom. The average molecular weight is 295 g/mol. The molecule has 0 saturated carbocycles. The molecule has 1 aromatic rings. The lowest BCUT2D eigenvalue weighted by Gasteiger charge is -2.16. The van der Waals surface area contributed by atoms with E-state index in [0.717, 1.165) is 11.8 Å². The van der Waals surface area contributed by atoms with Gasteiger partial charge in [-0.2, -0.15) is 4.31 Å². The number of pyridine rings is 1. The summed E-state index contributed by atoms with van der Waals surface area (Å²) in [4.78, 5) is 16.0. The van der Waals surface area contributed by atoms with Gasteiger partial charge in [0.15, 0.2) is 0 Å². The van der Waals surface area contributed by atoms with Crippen molar-refractivity contribution in [2.75, 3.05) is 19.3 Å². The van der Waals surface area contributed by atoms with E-state index in [9.17, 15) is 13.2 Å². The van der Waals surface area contributed by atoms with Crippen LogP contribution in [0.3, 0.4) is 0 Å². The standard InChI is InChI=1S/C13H17N3O3S/c1-10(11-3-6-14-7-4-11)15-13(17)12-5-8-16(9-12)20(2,18)19/h3-7,10H,8-9H2,1-2H3,(H,15,17). The normalized spacial score (nSPS) is 17.6. The number of rotatable bonds is 4. The van der Waals surface area contributed by atoms with Crippen LogP contribution in [0.1, 0.15) is 18.5 Å². The summed E-state index contributed by atoms with van der Waals surface area (Å²) in [5, 5.41) is 2.85. The van der Waals surface area contributed by atoms with Crippen molar-refractivity contribution in [3.8, 4) is 0 Å². The molecular formula is C13H17N3O3S. The first-order valence-corrected chi connectivity index (χ1v) is 8.07. The first kappa shape index (κ1) is 14.7. The van der Waals surface area contributed by atoms with Crippen molar-refractivity contribution in [1.29, 1.82) is 0 Å². The van der Waals surface area contributed by atoms with E-state index in [0.29, 0.717) is 5.57 Å². The highest BCUT2D eigenvalue weighted by atomic mass is 32.2. The number of hydrogen-bond donors (Lipinski definition) is 1. The Hall–Kier alpha value is -1.73. The van der Waals surface area contributed by atoms with Gasteiger partial charge < -0.3 is 5.32 Å². The van der Waals surface area contributed by atoms with Gasteiger partial charge in [0, 0.05) is 31.1 Å². The quantitative estimate of drug-likeness (QED) is 0.875. The summed E-state index contributed by atoms with van der Waals surface area (Å²) in [6.45, 7) is 2.26. The van der Waals surface area contributed by atoms with Gasteiger partial charge in [0.1, 0.15) is 0 Å². The molecule has 1 atom stereocenters. The minimum absolute atomic E-state index is 0.133. The van der Waals surface area contributed by atoms with E-state index >= 15 is 0 Å². The number of amides is 1. The molecule has 1 aromatic heterocycles. The molecule has 108 valence electrons. The molecule has 2 heterocycles. The van der Waals surface area contributed by atoms with Crippen molar-refractivity contribution in [1.82, 2.24) is 14.6 Å². The van der Waals surface area contributed by atoms with Gasteiger partial charge in [0.2, 0.25) is 15.9 Å². The number of carbonyl (C=O) groups excluding carboxylic acids is 1. The van der Waals surface area contributed by atoms with Gasteiger partial charge in [-0.25, -0.2) is 8.42 Å². The summed E-state index contributed by atoms with van der Waals surface area (Å²) in [6, 6.07) is 3.51. The minimum atomic E-state index is -3.26. The average Bonchev–Trinajstić information content (AvgIpc) is 2.89. The maximum Gasteiger partial charge on any atom is 0.248 e. The highest BCUT2D eigenvalue weighted by Gasteiger charge is 2.26. The fourth-order valence-corrected chi connectivity index (χ4v) is 2.69. The van der Waals surface area contributed by atoms with Crippen LogP contribution in [-0.2, 0) is 14.8 Å². The van der Waals surface area contributed by atoms with Crippen molar-refractivity contribution in [2.45, 2.75) is 13.0 Å². The molecule has 1 N–H and O–H groups in total. The smallest absolute Gasteiger partial charge is 0.248 e. The van der Waals surface area contributed by atoms with E-state index in [1.807, 2.05) is 19.1 Å². The zero-order chi connectivity index (χ0) is 14.8. The van der Waals surface area contributed by atoms with Gasteiger partial charge >= 0.3 is 0 Å². The zero-order valence-electron chi connectivity index (χ0n) is 11.4. The van der Waals surface area contributed by atoms with Crippen LogP contribution < -0.4 is 5.32 Å². The Kier molecular flexibility index (Phi) is 4.20. The Morgan fingerprint density at radius 2 is 2.05 bits per heavy atom. The fourth-order valence-electron chi connectivity index (χ4n) is 1.97. The maximum absolute atomic E-state index is 12.1. The van der Waals surface area contributed by atoms with Crippen molar-refractivity contribution in [3.05, 3.63) is 41.7 Å². The molecule has 0 radical (unpaired) electrons. The third-order valence-electron chi connectivity index (χ3n) is 3.20. The lowest BCUT2D eigenvalue weighted by atomic mass is 10.1. The second kappa shape index (κ2) is 5.72.